The van der Waals surface area contributed by atoms with Gasteiger partial charge in [0, 0.05) is 13.1 Å². The minimum atomic E-state index is -0.636. The van der Waals surface area contributed by atoms with E-state index < -0.39 is 11.7 Å². The van der Waals surface area contributed by atoms with Gasteiger partial charge in [-0.1, -0.05) is 17.7 Å². The average molecular weight is 300 g/mol. The topological polar surface area (TPSA) is 48.0 Å². The summed E-state index contributed by atoms with van der Waals surface area (Å²) < 4.78 is 15.6. The molecular weight excluding hydrogens is 282 g/mol. The van der Waals surface area contributed by atoms with E-state index in [0.29, 0.717) is 6.42 Å². The number of fused-ring (bicyclic) bond motifs is 1. The number of amides is 1. The Morgan fingerprint density at radius 1 is 1.40 bits per heavy atom. The molecule has 1 heterocycles. The van der Waals surface area contributed by atoms with Crippen molar-refractivity contribution in [3.63, 3.8) is 0 Å². The molecule has 2 unspecified atom stereocenters. The first-order valence-electron chi connectivity index (χ1n) is 6.43. The van der Waals surface area contributed by atoms with Crippen LogP contribution in [-0.4, -0.2) is 36.4 Å². The van der Waals surface area contributed by atoms with Crippen LogP contribution >= 0.6 is 11.6 Å². The van der Waals surface area contributed by atoms with Crippen LogP contribution in [0.1, 0.15) is 19.4 Å². The summed E-state index contributed by atoms with van der Waals surface area (Å²) in [4.78, 5) is 13.3. The Balaban J connectivity index is 1.97. The zero-order chi connectivity index (χ0) is 14.7. The minimum absolute atomic E-state index is 0.0155. The van der Waals surface area contributed by atoms with Crippen LogP contribution in [0.3, 0.4) is 0 Å². The van der Waals surface area contributed by atoms with Crippen molar-refractivity contribution in [2.75, 3.05) is 13.8 Å². The van der Waals surface area contributed by atoms with Crippen LogP contribution in [0.2, 0.25) is 0 Å². The first-order valence-corrected chi connectivity index (χ1v) is 6.87. The van der Waals surface area contributed by atoms with Gasteiger partial charge in [0.1, 0.15) is 0 Å². The maximum absolute atomic E-state index is 11.7. The molecule has 0 aromatic heterocycles. The van der Waals surface area contributed by atoms with Crippen LogP contribution in [0.5, 0.6) is 11.5 Å². The molecule has 1 aromatic rings. The molecule has 1 amide bonds. The van der Waals surface area contributed by atoms with Gasteiger partial charge in [0.15, 0.2) is 17.1 Å². The third-order valence-corrected chi connectivity index (χ3v) is 3.27. The fourth-order valence-electron chi connectivity index (χ4n) is 1.95. The van der Waals surface area contributed by atoms with E-state index in [9.17, 15) is 4.79 Å². The molecular formula is C14H18ClNO4. The second-order valence-electron chi connectivity index (χ2n) is 4.78. The van der Waals surface area contributed by atoms with Gasteiger partial charge in [0.05, 0.1) is 0 Å². The number of nitrogens with zero attached hydrogens (tertiary/aromatic N) is 1. The highest BCUT2D eigenvalue weighted by Crippen LogP contribution is 2.32. The van der Waals surface area contributed by atoms with Crippen molar-refractivity contribution in [1.29, 1.82) is 0 Å². The van der Waals surface area contributed by atoms with E-state index in [2.05, 4.69) is 0 Å². The zero-order valence-corrected chi connectivity index (χ0v) is 12.5. The lowest BCUT2D eigenvalue weighted by Gasteiger charge is -2.25. The summed E-state index contributed by atoms with van der Waals surface area (Å²) in [5, 5.41) is 0. The van der Waals surface area contributed by atoms with Crippen LogP contribution in [-0.2, 0) is 11.2 Å². The van der Waals surface area contributed by atoms with Gasteiger partial charge in [-0.2, -0.15) is 0 Å². The molecule has 0 bridgehead atoms. The number of halogens is 1. The predicted molar refractivity (Wildman–Crippen MR) is 75.3 cm³/mol. The molecule has 0 spiro atoms. The van der Waals surface area contributed by atoms with E-state index in [-0.39, 0.29) is 12.8 Å². The van der Waals surface area contributed by atoms with Crippen molar-refractivity contribution in [3.8, 4) is 11.5 Å². The summed E-state index contributed by atoms with van der Waals surface area (Å²) in [5.41, 5.74) is 0.433. The minimum Gasteiger partial charge on any atom is -0.454 e. The molecule has 1 aliphatic heterocycles. The summed E-state index contributed by atoms with van der Waals surface area (Å²) >= 11 is 5.65. The van der Waals surface area contributed by atoms with Crippen LogP contribution in [0.4, 0.5) is 4.79 Å². The van der Waals surface area contributed by atoms with Gasteiger partial charge in [0.25, 0.3) is 0 Å². The van der Waals surface area contributed by atoms with Gasteiger partial charge in [-0.3, -0.25) is 0 Å². The summed E-state index contributed by atoms with van der Waals surface area (Å²) in [6.07, 6.45) is 0.263. The van der Waals surface area contributed by atoms with Gasteiger partial charge in [0.2, 0.25) is 6.79 Å². The number of carbonyl (C=O) groups excluding carboxylic acids is 1. The molecule has 0 saturated heterocycles. The smallest absolute Gasteiger partial charge is 0.411 e. The van der Waals surface area contributed by atoms with E-state index in [1.807, 2.05) is 25.1 Å². The highest BCUT2D eigenvalue weighted by molar-refractivity contribution is 6.19. The number of likely N-dealkylation sites (N-methyl/N-ethyl adjacent to an activating group) is 1. The number of hydrogen-bond donors (Lipinski definition) is 0. The molecule has 110 valence electrons. The highest BCUT2D eigenvalue weighted by Gasteiger charge is 2.20. The Morgan fingerprint density at radius 2 is 2.10 bits per heavy atom. The number of rotatable bonds is 4. The molecule has 20 heavy (non-hydrogen) atoms. The maximum atomic E-state index is 11.7. The molecule has 1 aliphatic rings. The van der Waals surface area contributed by atoms with E-state index in [1.54, 1.807) is 14.0 Å². The Kier molecular flexibility index (Phi) is 4.60. The number of alkyl halides is 1. The Labute approximate surface area is 123 Å². The third-order valence-electron chi connectivity index (χ3n) is 3.18. The molecule has 0 fully saturated rings. The van der Waals surface area contributed by atoms with Crippen LogP contribution in [0, 0.1) is 0 Å². The standard InChI is InChI=1S/C14H18ClNO4/c1-9(16(3)14(17)20-10(2)15)6-11-4-5-12-13(7-11)19-8-18-12/h4-5,7,9-10H,6,8H2,1-3H3. The fraction of sp³-hybridized carbons (Fsp3) is 0.500. The largest absolute Gasteiger partial charge is 0.454 e. The second kappa shape index (κ2) is 6.22. The van der Waals surface area contributed by atoms with Crippen molar-refractivity contribution < 1.29 is 19.0 Å². The normalized spacial score (nSPS) is 15.6. The van der Waals surface area contributed by atoms with Crippen molar-refractivity contribution >= 4 is 17.7 Å². The van der Waals surface area contributed by atoms with Gasteiger partial charge >= 0.3 is 6.09 Å². The molecule has 0 saturated carbocycles. The highest BCUT2D eigenvalue weighted by atomic mass is 35.5. The van der Waals surface area contributed by atoms with Crippen LogP contribution in [0.25, 0.3) is 0 Å². The molecule has 0 radical (unpaired) electrons. The van der Waals surface area contributed by atoms with Crippen molar-refractivity contribution in [3.05, 3.63) is 23.8 Å². The van der Waals surface area contributed by atoms with Gasteiger partial charge < -0.3 is 19.1 Å². The predicted octanol–water partition coefficient (Wildman–Crippen LogP) is 3.00. The monoisotopic (exact) mass is 299 g/mol. The van der Waals surface area contributed by atoms with Crippen LogP contribution < -0.4 is 9.47 Å². The van der Waals surface area contributed by atoms with Crippen molar-refractivity contribution in [1.82, 2.24) is 4.90 Å². The second-order valence-corrected chi connectivity index (χ2v) is 5.39. The molecule has 2 atom stereocenters. The van der Waals surface area contributed by atoms with Crippen molar-refractivity contribution in [2.24, 2.45) is 0 Å². The molecule has 1 aromatic carbocycles. The Morgan fingerprint density at radius 3 is 2.80 bits per heavy atom. The summed E-state index contributed by atoms with van der Waals surface area (Å²) in [6, 6.07) is 5.76. The first kappa shape index (κ1) is 14.8. The summed E-state index contributed by atoms with van der Waals surface area (Å²) in [6.45, 7) is 3.81. The maximum Gasteiger partial charge on any atom is 0.411 e. The van der Waals surface area contributed by atoms with E-state index in [0.717, 1.165) is 17.1 Å². The van der Waals surface area contributed by atoms with Gasteiger partial charge in [-0.15, -0.1) is 0 Å². The fourth-order valence-corrected chi connectivity index (χ4v) is 2.02. The Bertz CT molecular complexity index is 492. The molecule has 0 aliphatic carbocycles. The summed E-state index contributed by atoms with van der Waals surface area (Å²) in [5.74, 6) is 1.50. The zero-order valence-electron chi connectivity index (χ0n) is 11.8. The Hall–Kier alpha value is -1.62. The number of carbonyl (C=O) groups is 1. The van der Waals surface area contributed by atoms with Crippen molar-refractivity contribution in [2.45, 2.75) is 31.9 Å². The summed E-state index contributed by atoms with van der Waals surface area (Å²) in [7, 11) is 1.69. The van der Waals surface area contributed by atoms with Gasteiger partial charge in [-0.25, -0.2) is 4.79 Å². The van der Waals surface area contributed by atoms with E-state index in [4.69, 9.17) is 25.8 Å². The lowest BCUT2D eigenvalue weighted by Crippen LogP contribution is -2.37. The lowest BCUT2D eigenvalue weighted by atomic mass is 10.1. The molecule has 2 rings (SSSR count). The van der Waals surface area contributed by atoms with Crippen LogP contribution in [0.15, 0.2) is 18.2 Å². The van der Waals surface area contributed by atoms with Gasteiger partial charge in [-0.05, 0) is 38.0 Å². The average Bonchev–Trinajstić information content (AvgIpc) is 2.84. The number of benzene rings is 1. The van der Waals surface area contributed by atoms with E-state index >= 15 is 0 Å². The molecule has 0 N–H and O–H groups in total. The molecule has 6 heteroatoms. The first-order chi connectivity index (χ1) is 9.47. The lowest BCUT2D eigenvalue weighted by molar-refractivity contribution is 0.0931. The quantitative estimate of drug-likeness (QED) is 0.802. The third kappa shape index (κ3) is 3.48. The number of ether oxygens (including phenoxy) is 3. The SMILES string of the molecule is CC(Cl)OC(=O)N(C)C(C)Cc1ccc2c(c1)OCO2. The molecule has 5 nitrogen and oxygen atoms in total. The van der Waals surface area contributed by atoms with E-state index in [1.165, 1.54) is 4.90 Å². The number of hydrogen-bond acceptors (Lipinski definition) is 4.